The minimum Gasteiger partial charge on any atom is -0.497 e. The first-order valence-electron chi connectivity index (χ1n) is 7.16. The van der Waals surface area contributed by atoms with Gasteiger partial charge in [-0.25, -0.2) is 17.6 Å². The summed E-state index contributed by atoms with van der Waals surface area (Å²) >= 11 is 0. The Balaban J connectivity index is 2.24. The number of hydrogen-bond donors (Lipinski definition) is 0. The molecule has 0 aliphatic rings. The van der Waals surface area contributed by atoms with E-state index in [1.807, 2.05) is 0 Å². The summed E-state index contributed by atoms with van der Waals surface area (Å²) in [6.07, 6.45) is -5.21. The highest BCUT2D eigenvalue weighted by Crippen LogP contribution is 2.38. The average molecular weight is 374 g/mol. The number of hydrogen-bond acceptors (Lipinski definition) is 1. The van der Waals surface area contributed by atoms with E-state index < -0.39 is 46.0 Å². The summed E-state index contributed by atoms with van der Waals surface area (Å²) in [4.78, 5) is 0. The van der Waals surface area contributed by atoms with E-state index in [2.05, 4.69) is 0 Å². The maximum atomic E-state index is 14.1. The molecular weight excluding hydrogens is 365 g/mol. The van der Waals surface area contributed by atoms with Gasteiger partial charge in [-0.15, -0.1) is 0 Å². The number of ether oxygens (including phenoxy) is 1. The smallest absolute Gasteiger partial charge is 0.422 e. The normalized spacial score (nSPS) is 11.8. The summed E-state index contributed by atoms with van der Waals surface area (Å²) in [5, 5.41) is -0.781. The number of fused-ring (bicyclic) bond motifs is 1. The molecule has 1 nitrogen and oxygen atoms in total. The Labute approximate surface area is 142 Å². The Kier molecular flexibility index (Phi) is 4.29. The van der Waals surface area contributed by atoms with E-state index in [-0.39, 0.29) is 16.7 Å². The van der Waals surface area contributed by atoms with Crippen molar-refractivity contribution in [3.63, 3.8) is 0 Å². The molecule has 0 atom stereocenters. The Morgan fingerprint density at radius 1 is 0.808 bits per heavy atom. The van der Waals surface area contributed by atoms with E-state index in [1.165, 1.54) is 7.11 Å². The molecule has 8 heteroatoms. The lowest BCUT2D eigenvalue weighted by atomic mass is 9.98. The molecule has 26 heavy (non-hydrogen) atoms. The molecule has 0 saturated heterocycles. The molecule has 0 bridgehead atoms. The number of benzene rings is 3. The van der Waals surface area contributed by atoms with Crippen LogP contribution in [-0.2, 0) is 6.18 Å². The molecule has 3 aromatic rings. The van der Waals surface area contributed by atoms with Crippen molar-refractivity contribution in [1.29, 1.82) is 0 Å². The molecule has 136 valence electrons. The van der Waals surface area contributed by atoms with Crippen molar-refractivity contribution < 1.29 is 35.5 Å². The van der Waals surface area contributed by atoms with Crippen molar-refractivity contribution in [2.24, 2.45) is 0 Å². The van der Waals surface area contributed by atoms with Gasteiger partial charge in [-0.05, 0) is 23.1 Å². The molecule has 0 fully saturated rings. The molecule has 0 radical (unpaired) electrons. The third-order valence-electron chi connectivity index (χ3n) is 3.85. The van der Waals surface area contributed by atoms with Gasteiger partial charge in [-0.2, -0.15) is 13.2 Å². The van der Waals surface area contributed by atoms with Crippen LogP contribution in [0.15, 0.2) is 36.4 Å². The summed E-state index contributed by atoms with van der Waals surface area (Å²) in [7, 11) is 1.22. The van der Waals surface area contributed by atoms with Crippen molar-refractivity contribution in [3.05, 3.63) is 65.2 Å². The molecule has 0 aliphatic carbocycles. The number of alkyl halides is 3. The maximum absolute atomic E-state index is 14.1. The number of halogens is 7. The fourth-order valence-electron chi connectivity index (χ4n) is 2.69. The summed E-state index contributed by atoms with van der Waals surface area (Å²) in [5.41, 5.74) is -2.60. The lowest BCUT2D eigenvalue weighted by Crippen LogP contribution is -2.11. The van der Waals surface area contributed by atoms with Gasteiger partial charge in [-0.3, -0.25) is 0 Å². The Morgan fingerprint density at radius 3 is 1.96 bits per heavy atom. The summed E-state index contributed by atoms with van der Waals surface area (Å²) in [6.45, 7) is 0. The molecule has 0 heterocycles. The topological polar surface area (TPSA) is 9.23 Å². The molecule has 0 spiro atoms. The van der Waals surface area contributed by atoms with Gasteiger partial charge in [-0.1, -0.05) is 12.1 Å². The number of methoxy groups -OCH3 is 1. The molecule has 3 aromatic carbocycles. The minimum absolute atomic E-state index is 0.0727. The van der Waals surface area contributed by atoms with E-state index in [0.717, 1.165) is 30.3 Å². The summed E-state index contributed by atoms with van der Waals surface area (Å²) < 4.78 is 99.2. The quantitative estimate of drug-likeness (QED) is 0.493. The largest absolute Gasteiger partial charge is 0.497 e. The van der Waals surface area contributed by atoms with Crippen LogP contribution < -0.4 is 4.74 Å². The third-order valence-corrected chi connectivity index (χ3v) is 3.85. The van der Waals surface area contributed by atoms with Crippen LogP contribution in [0.5, 0.6) is 5.75 Å². The van der Waals surface area contributed by atoms with Crippen LogP contribution in [-0.4, -0.2) is 7.11 Å². The zero-order valence-electron chi connectivity index (χ0n) is 13.0. The highest BCUT2D eigenvalue weighted by Gasteiger charge is 2.38. The highest BCUT2D eigenvalue weighted by molar-refractivity contribution is 5.89. The van der Waals surface area contributed by atoms with E-state index in [0.29, 0.717) is 6.07 Å². The van der Waals surface area contributed by atoms with Crippen LogP contribution in [0.25, 0.3) is 21.9 Å². The molecule has 0 N–H and O–H groups in total. The fourth-order valence-corrected chi connectivity index (χ4v) is 2.69. The van der Waals surface area contributed by atoms with Crippen molar-refractivity contribution >= 4 is 10.8 Å². The summed E-state index contributed by atoms with van der Waals surface area (Å²) in [5.74, 6) is -5.65. The first-order chi connectivity index (χ1) is 12.1. The molecular formula is C18H9F7O. The predicted molar refractivity (Wildman–Crippen MR) is 80.8 cm³/mol. The maximum Gasteiger partial charge on any atom is 0.422 e. The lowest BCUT2D eigenvalue weighted by molar-refractivity contribution is -0.142. The van der Waals surface area contributed by atoms with Crippen LogP contribution in [0, 0.1) is 23.3 Å². The second kappa shape index (κ2) is 6.19. The first kappa shape index (κ1) is 18.0. The van der Waals surface area contributed by atoms with Crippen molar-refractivity contribution in [2.45, 2.75) is 6.18 Å². The standard InChI is InChI=1S/C18H9F7O/c1-26-10-6-12(19)15(13(20)7-10)8-2-3-11-9(4-8)5-14(21)16(17(11)22)18(23,24)25/h2-7H,1H3. The predicted octanol–water partition coefficient (Wildman–Crippen LogP) is 6.09. The van der Waals surface area contributed by atoms with Gasteiger partial charge in [0.2, 0.25) is 0 Å². The summed E-state index contributed by atoms with van der Waals surface area (Å²) in [6, 6.07) is 5.28. The second-order valence-electron chi connectivity index (χ2n) is 5.45. The molecule has 0 aromatic heterocycles. The van der Waals surface area contributed by atoms with E-state index >= 15 is 0 Å². The highest BCUT2D eigenvalue weighted by atomic mass is 19.4. The molecule has 3 rings (SSSR count). The molecule has 0 amide bonds. The SMILES string of the molecule is COc1cc(F)c(-c2ccc3c(F)c(C(F)(F)F)c(F)cc3c2)c(F)c1. The lowest BCUT2D eigenvalue weighted by Gasteiger charge is -2.13. The van der Waals surface area contributed by atoms with Gasteiger partial charge in [0.05, 0.1) is 12.7 Å². The Morgan fingerprint density at radius 2 is 1.42 bits per heavy atom. The van der Waals surface area contributed by atoms with Crippen molar-refractivity contribution in [2.75, 3.05) is 7.11 Å². The zero-order chi connectivity index (χ0) is 19.2. The zero-order valence-corrected chi connectivity index (χ0v) is 13.0. The van der Waals surface area contributed by atoms with Crippen LogP contribution in [0.2, 0.25) is 0 Å². The van der Waals surface area contributed by atoms with E-state index in [9.17, 15) is 30.7 Å². The van der Waals surface area contributed by atoms with E-state index in [4.69, 9.17) is 4.74 Å². The van der Waals surface area contributed by atoms with Gasteiger partial charge >= 0.3 is 6.18 Å². The van der Waals surface area contributed by atoms with Crippen molar-refractivity contribution in [3.8, 4) is 16.9 Å². The monoisotopic (exact) mass is 374 g/mol. The van der Waals surface area contributed by atoms with Crippen LogP contribution >= 0.6 is 0 Å². The Hall–Kier alpha value is -2.77. The van der Waals surface area contributed by atoms with Gasteiger partial charge in [0.1, 0.15) is 34.6 Å². The fraction of sp³-hybridized carbons (Fsp3) is 0.111. The van der Waals surface area contributed by atoms with Crippen LogP contribution in [0.3, 0.4) is 0 Å². The Bertz CT molecular complexity index is 986. The molecule has 0 saturated carbocycles. The van der Waals surface area contributed by atoms with Crippen LogP contribution in [0.4, 0.5) is 30.7 Å². The molecule has 0 unspecified atom stereocenters. The minimum atomic E-state index is -5.21. The van der Waals surface area contributed by atoms with Gasteiger partial charge in [0.25, 0.3) is 0 Å². The van der Waals surface area contributed by atoms with Crippen molar-refractivity contribution in [1.82, 2.24) is 0 Å². The number of rotatable bonds is 2. The average Bonchev–Trinajstić information content (AvgIpc) is 2.52. The van der Waals surface area contributed by atoms with Gasteiger partial charge < -0.3 is 4.74 Å². The van der Waals surface area contributed by atoms with Gasteiger partial charge in [0, 0.05) is 17.5 Å². The first-order valence-corrected chi connectivity index (χ1v) is 7.16. The van der Waals surface area contributed by atoms with E-state index in [1.54, 1.807) is 0 Å². The molecule has 0 aliphatic heterocycles. The second-order valence-corrected chi connectivity index (χ2v) is 5.45. The third kappa shape index (κ3) is 2.95. The van der Waals surface area contributed by atoms with Crippen LogP contribution in [0.1, 0.15) is 5.56 Å². The van der Waals surface area contributed by atoms with Gasteiger partial charge in [0.15, 0.2) is 0 Å².